The van der Waals surface area contributed by atoms with Crippen LogP contribution >= 0.6 is 0 Å². The van der Waals surface area contributed by atoms with Gasteiger partial charge in [-0.3, -0.25) is 4.79 Å². The number of carbonyl (C=O) groups is 1. The molecule has 0 saturated heterocycles. The summed E-state index contributed by atoms with van der Waals surface area (Å²) in [6.07, 6.45) is 4.54. The van der Waals surface area contributed by atoms with E-state index in [0.717, 1.165) is 25.8 Å². The predicted molar refractivity (Wildman–Crippen MR) is 78.1 cm³/mol. The molecule has 2 atom stereocenters. The van der Waals surface area contributed by atoms with Gasteiger partial charge in [0.15, 0.2) is 0 Å². The molecular formula is C13H26N2O4S. The molecular weight excluding hydrogens is 280 g/mol. The van der Waals surface area contributed by atoms with Gasteiger partial charge in [0.2, 0.25) is 0 Å². The maximum absolute atomic E-state index is 11.8. The minimum absolute atomic E-state index is 0.107. The summed E-state index contributed by atoms with van der Waals surface area (Å²) in [4.78, 5) is 13.8. The van der Waals surface area contributed by atoms with Crippen molar-refractivity contribution in [1.29, 1.82) is 0 Å². The van der Waals surface area contributed by atoms with Gasteiger partial charge in [-0.15, -0.1) is 0 Å². The minimum Gasteiger partial charge on any atom is -0.468 e. The standard InChI is InChI=1S/C13H26N2O4S/c1-15(9-10-20(3,17)18)8-6-11-5-4-7-13(11,14)12(16)19-2/h11H,4-10,14H2,1-3H3. The summed E-state index contributed by atoms with van der Waals surface area (Å²) in [5.74, 6) is -0.0757. The number of carbonyl (C=O) groups excluding carboxylic acids is 1. The van der Waals surface area contributed by atoms with E-state index in [4.69, 9.17) is 10.5 Å². The van der Waals surface area contributed by atoms with Crippen molar-refractivity contribution >= 4 is 15.8 Å². The first-order chi connectivity index (χ1) is 9.19. The van der Waals surface area contributed by atoms with E-state index in [0.29, 0.717) is 13.0 Å². The van der Waals surface area contributed by atoms with E-state index < -0.39 is 15.4 Å². The molecule has 1 aliphatic rings. The lowest BCUT2D eigenvalue weighted by Crippen LogP contribution is -2.52. The van der Waals surface area contributed by atoms with Crippen LogP contribution in [0.25, 0.3) is 0 Å². The first-order valence-electron chi connectivity index (χ1n) is 6.92. The van der Waals surface area contributed by atoms with Crippen molar-refractivity contribution < 1.29 is 17.9 Å². The maximum Gasteiger partial charge on any atom is 0.326 e. The van der Waals surface area contributed by atoms with Crippen LogP contribution in [0.2, 0.25) is 0 Å². The molecule has 7 heteroatoms. The van der Waals surface area contributed by atoms with Gasteiger partial charge >= 0.3 is 5.97 Å². The third-order valence-corrected chi connectivity index (χ3v) is 5.06. The van der Waals surface area contributed by atoms with Crippen LogP contribution in [0.1, 0.15) is 25.7 Å². The molecule has 1 rings (SSSR count). The number of nitrogens with two attached hydrogens (primary N) is 1. The number of hydrogen-bond donors (Lipinski definition) is 1. The van der Waals surface area contributed by atoms with E-state index in [1.54, 1.807) is 0 Å². The van der Waals surface area contributed by atoms with Gasteiger partial charge in [0, 0.05) is 12.8 Å². The summed E-state index contributed by atoms with van der Waals surface area (Å²) in [6, 6.07) is 0. The number of hydrogen-bond acceptors (Lipinski definition) is 6. The Kier molecular flexibility index (Phi) is 5.97. The second-order valence-electron chi connectivity index (χ2n) is 5.84. The van der Waals surface area contributed by atoms with Gasteiger partial charge < -0.3 is 15.4 Å². The third kappa shape index (κ3) is 4.71. The monoisotopic (exact) mass is 306 g/mol. The van der Waals surface area contributed by atoms with Gasteiger partial charge in [-0.05, 0) is 38.8 Å². The number of rotatable bonds is 7. The average molecular weight is 306 g/mol. The SMILES string of the molecule is COC(=O)C1(N)CCCC1CCN(C)CCS(C)(=O)=O. The molecule has 0 radical (unpaired) electrons. The van der Waals surface area contributed by atoms with Gasteiger partial charge in [0.25, 0.3) is 0 Å². The normalized spacial score (nSPS) is 26.9. The van der Waals surface area contributed by atoms with E-state index >= 15 is 0 Å². The summed E-state index contributed by atoms with van der Waals surface area (Å²) >= 11 is 0. The summed E-state index contributed by atoms with van der Waals surface area (Å²) < 4.78 is 27.0. The van der Waals surface area contributed by atoms with Crippen molar-refractivity contribution in [2.75, 3.05) is 39.3 Å². The molecule has 0 aromatic heterocycles. The van der Waals surface area contributed by atoms with Gasteiger partial charge in [0.05, 0.1) is 12.9 Å². The van der Waals surface area contributed by atoms with E-state index in [1.165, 1.54) is 13.4 Å². The Bertz CT molecular complexity index is 438. The molecule has 0 aromatic carbocycles. The Hall–Kier alpha value is -0.660. The highest BCUT2D eigenvalue weighted by Crippen LogP contribution is 2.36. The molecule has 0 heterocycles. The van der Waals surface area contributed by atoms with Crippen LogP contribution in [0.5, 0.6) is 0 Å². The number of ether oxygens (including phenoxy) is 1. The average Bonchev–Trinajstić information content (AvgIpc) is 2.74. The van der Waals surface area contributed by atoms with Crippen LogP contribution in [0, 0.1) is 5.92 Å². The molecule has 0 aromatic rings. The second kappa shape index (κ2) is 6.87. The Morgan fingerprint density at radius 1 is 1.45 bits per heavy atom. The minimum atomic E-state index is -2.94. The fourth-order valence-electron chi connectivity index (χ4n) is 2.77. The van der Waals surface area contributed by atoms with Crippen molar-refractivity contribution in [2.24, 2.45) is 11.7 Å². The molecule has 6 nitrogen and oxygen atoms in total. The van der Waals surface area contributed by atoms with Crippen LogP contribution in [-0.4, -0.2) is 64.1 Å². The number of esters is 1. The Labute approximate surface area is 121 Å². The Morgan fingerprint density at radius 3 is 2.65 bits per heavy atom. The summed E-state index contributed by atoms with van der Waals surface area (Å²) in [5.41, 5.74) is 5.33. The zero-order valence-corrected chi connectivity index (χ0v) is 13.4. The smallest absolute Gasteiger partial charge is 0.326 e. The quantitative estimate of drug-likeness (QED) is 0.667. The van der Waals surface area contributed by atoms with E-state index in [9.17, 15) is 13.2 Å². The summed E-state index contributed by atoms with van der Waals surface area (Å²) in [5, 5.41) is 0. The molecule has 1 saturated carbocycles. The first-order valence-corrected chi connectivity index (χ1v) is 8.98. The van der Waals surface area contributed by atoms with Gasteiger partial charge in [-0.1, -0.05) is 6.42 Å². The van der Waals surface area contributed by atoms with Crippen molar-refractivity contribution in [3.63, 3.8) is 0 Å². The molecule has 0 spiro atoms. The van der Waals surface area contributed by atoms with Crippen molar-refractivity contribution in [2.45, 2.75) is 31.2 Å². The molecule has 118 valence electrons. The van der Waals surface area contributed by atoms with Crippen molar-refractivity contribution in [1.82, 2.24) is 4.90 Å². The molecule has 0 amide bonds. The van der Waals surface area contributed by atoms with E-state index in [1.807, 2.05) is 11.9 Å². The molecule has 2 unspecified atom stereocenters. The lowest BCUT2D eigenvalue weighted by molar-refractivity contribution is -0.148. The van der Waals surface area contributed by atoms with Crippen LogP contribution in [0.4, 0.5) is 0 Å². The molecule has 0 bridgehead atoms. The third-order valence-electron chi connectivity index (χ3n) is 4.14. The molecule has 20 heavy (non-hydrogen) atoms. The van der Waals surface area contributed by atoms with E-state index in [-0.39, 0.29) is 17.6 Å². The fourth-order valence-corrected chi connectivity index (χ4v) is 3.42. The Morgan fingerprint density at radius 2 is 2.10 bits per heavy atom. The lowest BCUT2D eigenvalue weighted by atomic mass is 9.85. The van der Waals surface area contributed by atoms with E-state index in [2.05, 4.69) is 0 Å². The second-order valence-corrected chi connectivity index (χ2v) is 8.10. The van der Waals surface area contributed by atoms with Crippen LogP contribution in [-0.2, 0) is 19.4 Å². The highest BCUT2D eigenvalue weighted by molar-refractivity contribution is 7.90. The fraction of sp³-hybridized carbons (Fsp3) is 0.923. The lowest BCUT2D eigenvalue weighted by Gasteiger charge is -2.29. The Balaban J connectivity index is 2.46. The highest BCUT2D eigenvalue weighted by atomic mass is 32.2. The van der Waals surface area contributed by atoms with Crippen molar-refractivity contribution in [3.05, 3.63) is 0 Å². The number of nitrogens with zero attached hydrogens (tertiary/aromatic N) is 1. The largest absolute Gasteiger partial charge is 0.468 e. The molecule has 2 N–H and O–H groups in total. The van der Waals surface area contributed by atoms with Crippen LogP contribution < -0.4 is 5.73 Å². The van der Waals surface area contributed by atoms with Gasteiger partial charge in [0.1, 0.15) is 15.4 Å². The first kappa shape index (κ1) is 17.4. The molecule has 1 aliphatic carbocycles. The highest BCUT2D eigenvalue weighted by Gasteiger charge is 2.46. The number of sulfone groups is 1. The zero-order valence-electron chi connectivity index (χ0n) is 12.6. The zero-order chi connectivity index (χ0) is 15.4. The topological polar surface area (TPSA) is 89.7 Å². The van der Waals surface area contributed by atoms with Crippen molar-refractivity contribution in [3.8, 4) is 0 Å². The predicted octanol–water partition coefficient (Wildman–Crippen LogP) is 0.0235. The molecule has 1 fully saturated rings. The van der Waals surface area contributed by atoms with Gasteiger partial charge in [-0.25, -0.2) is 8.42 Å². The molecule has 0 aliphatic heterocycles. The maximum atomic E-state index is 11.8. The van der Waals surface area contributed by atoms with Gasteiger partial charge in [-0.2, -0.15) is 0 Å². The van der Waals surface area contributed by atoms with Crippen LogP contribution in [0.15, 0.2) is 0 Å². The summed E-state index contributed by atoms with van der Waals surface area (Å²) in [7, 11) is 0.314. The van der Waals surface area contributed by atoms with Crippen LogP contribution in [0.3, 0.4) is 0 Å². The summed E-state index contributed by atoms with van der Waals surface area (Å²) in [6.45, 7) is 1.23. The number of methoxy groups -OCH3 is 1.